The van der Waals surface area contributed by atoms with E-state index in [9.17, 15) is 19.5 Å². The highest BCUT2D eigenvalue weighted by atomic mass is 16.5. The standard InChI is InChI=1S/C27H30N2O6/c1-2-23(24(30)29-13-17-14-34-12-11-27(17,16-29)25(31)32)28-26(33)35-15-22-20-9-5-3-7-18(20)19-8-4-6-10-21(19)22/h3-10,17,22-23H,2,11-16H2,1H3,(H,28,33)(H,31,32)/t17-,23+,27+/m0/s1. The first kappa shape index (κ1) is 23.4. The van der Waals surface area contributed by atoms with Crippen LogP contribution in [-0.2, 0) is 19.1 Å². The number of alkyl carbamates (subject to hydrolysis) is 1. The number of benzene rings is 2. The number of aliphatic carboxylic acids is 1. The van der Waals surface area contributed by atoms with Crippen LogP contribution in [0.25, 0.3) is 11.1 Å². The van der Waals surface area contributed by atoms with Crippen molar-refractivity contribution >= 4 is 18.0 Å². The van der Waals surface area contributed by atoms with Gasteiger partial charge in [-0.25, -0.2) is 4.79 Å². The molecule has 2 fully saturated rings. The number of carboxylic acids is 1. The zero-order chi connectivity index (χ0) is 24.6. The minimum absolute atomic E-state index is 0.0685. The fraction of sp³-hybridized carbons (Fsp3) is 0.444. The summed E-state index contributed by atoms with van der Waals surface area (Å²) in [6, 6.07) is 15.4. The van der Waals surface area contributed by atoms with Gasteiger partial charge in [0.2, 0.25) is 5.91 Å². The summed E-state index contributed by atoms with van der Waals surface area (Å²) in [4.78, 5) is 39.6. The number of hydrogen-bond donors (Lipinski definition) is 2. The van der Waals surface area contributed by atoms with E-state index in [-0.39, 0.29) is 30.9 Å². The molecule has 5 rings (SSSR count). The van der Waals surface area contributed by atoms with E-state index in [4.69, 9.17) is 9.47 Å². The molecule has 2 N–H and O–H groups in total. The first-order valence-corrected chi connectivity index (χ1v) is 12.2. The second kappa shape index (κ2) is 9.34. The Morgan fingerprint density at radius 3 is 2.40 bits per heavy atom. The van der Waals surface area contributed by atoms with Gasteiger partial charge in [0.15, 0.2) is 0 Å². The second-order valence-corrected chi connectivity index (χ2v) is 9.63. The Morgan fingerprint density at radius 2 is 1.80 bits per heavy atom. The lowest BCUT2D eigenvalue weighted by molar-refractivity contribution is -0.157. The highest BCUT2D eigenvalue weighted by Crippen LogP contribution is 2.45. The molecule has 0 radical (unpaired) electrons. The molecule has 8 nitrogen and oxygen atoms in total. The summed E-state index contributed by atoms with van der Waals surface area (Å²) >= 11 is 0. The molecule has 184 valence electrons. The van der Waals surface area contributed by atoms with Gasteiger partial charge < -0.3 is 24.8 Å². The van der Waals surface area contributed by atoms with Crippen LogP contribution in [0.2, 0.25) is 0 Å². The molecule has 3 aliphatic rings. The summed E-state index contributed by atoms with van der Waals surface area (Å²) in [5, 5.41) is 12.6. The lowest BCUT2D eigenvalue weighted by Crippen LogP contribution is -2.49. The van der Waals surface area contributed by atoms with E-state index in [1.807, 2.05) is 31.2 Å². The third-order valence-electron chi connectivity index (χ3n) is 7.79. The Labute approximate surface area is 204 Å². The van der Waals surface area contributed by atoms with Gasteiger partial charge in [-0.1, -0.05) is 55.5 Å². The molecule has 2 aromatic carbocycles. The molecule has 2 saturated heterocycles. The van der Waals surface area contributed by atoms with Crippen molar-refractivity contribution in [3.05, 3.63) is 59.7 Å². The number of rotatable bonds is 6. The molecule has 0 bridgehead atoms. The second-order valence-electron chi connectivity index (χ2n) is 9.63. The first-order chi connectivity index (χ1) is 16.9. The minimum Gasteiger partial charge on any atom is -0.481 e. The summed E-state index contributed by atoms with van der Waals surface area (Å²) in [7, 11) is 0. The summed E-state index contributed by atoms with van der Waals surface area (Å²) in [6.07, 6.45) is 0.105. The fourth-order valence-corrected chi connectivity index (χ4v) is 5.81. The van der Waals surface area contributed by atoms with Crippen molar-refractivity contribution in [1.82, 2.24) is 10.2 Å². The van der Waals surface area contributed by atoms with Gasteiger partial charge in [0.05, 0.1) is 12.0 Å². The lowest BCUT2D eigenvalue weighted by atomic mass is 9.74. The highest BCUT2D eigenvalue weighted by Gasteiger charge is 2.55. The molecule has 2 amide bonds. The summed E-state index contributed by atoms with van der Waals surface area (Å²) in [5.41, 5.74) is 3.54. The maximum absolute atomic E-state index is 13.2. The average molecular weight is 479 g/mol. The van der Waals surface area contributed by atoms with Crippen LogP contribution < -0.4 is 5.32 Å². The molecular formula is C27H30N2O6. The van der Waals surface area contributed by atoms with E-state index in [1.54, 1.807) is 4.90 Å². The van der Waals surface area contributed by atoms with E-state index in [0.29, 0.717) is 32.6 Å². The van der Waals surface area contributed by atoms with Gasteiger partial charge >= 0.3 is 12.1 Å². The van der Waals surface area contributed by atoms with Crippen molar-refractivity contribution in [3.63, 3.8) is 0 Å². The Balaban J connectivity index is 1.23. The SMILES string of the molecule is CC[C@@H](NC(=O)OCC1c2ccccc2-c2ccccc21)C(=O)N1C[C@H]2COCC[C@@]2(C(=O)O)C1. The topological polar surface area (TPSA) is 105 Å². The largest absolute Gasteiger partial charge is 0.481 e. The lowest BCUT2D eigenvalue weighted by Gasteiger charge is -2.33. The first-order valence-electron chi connectivity index (χ1n) is 12.2. The molecule has 2 heterocycles. The Bertz CT molecular complexity index is 1100. The Hall–Kier alpha value is -3.39. The molecule has 0 aromatic heterocycles. The quantitative estimate of drug-likeness (QED) is 0.660. The maximum atomic E-state index is 13.2. The van der Waals surface area contributed by atoms with Gasteiger partial charge in [-0.2, -0.15) is 0 Å². The molecular weight excluding hydrogens is 448 g/mol. The smallest absolute Gasteiger partial charge is 0.407 e. The number of hydrogen-bond acceptors (Lipinski definition) is 5. The number of carbonyl (C=O) groups excluding carboxylic acids is 2. The van der Waals surface area contributed by atoms with Crippen LogP contribution in [0.4, 0.5) is 4.79 Å². The van der Waals surface area contributed by atoms with Gasteiger partial charge in [-0.15, -0.1) is 0 Å². The molecule has 1 aliphatic carbocycles. The van der Waals surface area contributed by atoms with Crippen LogP contribution in [0.15, 0.2) is 48.5 Å². The third-order valence-corrected chi connectivity index (χ3v) is 7.79. The van der Waals surface area contributed by atoms with Crippen molar-refractivity contribution in [3.8, 4) is 11.1 Å². The van der Waals surface area contributed by atoms with E-state index in [0.717, 1.165) is 22.3 Å². The van der Waals surface area contributed by atoms with Gasteiger partial charge in [0.25, 0.3) is 0 Å². The van der Waals surface area contributed by atoms with Gasteiger partial charge in [0.1, 0.15) is 12.6 Å². The Morgan fingerprint density at radius 1 is 1.14 bits per heavy atom. The number of nitrogens with one attached hydrogen (secondary N) is 1. The van der Waals surface area contributed by atoms with E-state index < -0.39 is 23.5 Å². The van der Waals surface area contributed by atoms with Gasteiger partial charge in [-0.3, -0.25) is 9.59 Å². The Kier molecular flexibility index (Phi) is 6.23. The van der Waals surface area contributed by atoms with Crippen molar-refractivity contribution in [2.75, 3.05) is 32.9 Å². The summed E-state index contributed by atoms with van der Waals surface area (Å²) in [5.74, 6) is -1.49. The van der Waals surface area contributed by atoms with Crippen LogP contribution in [0.5, 0.6) is 0 Å². The number of likely N-dealkylation sites (tertiary alicyclic amines) is 1. The number of amides is 2. The van der Waals surface area contributed by atoms with E-state index >= 15 is 0 Å². The zero-order valence-corrected chi connectivity index (χ0v) is 19.7. The highest BCUT2D eigenvalue weighted by molar-refractivity contribution is 5.87. The zero-order valence-electron chi connectivity index (χ0n) is 19.7. The van der Waals surface area contributed by atoms with Crippen molar-refractivity contribution in [1.29, 1.82) is 0 Å². The minimum atomic E-state index is -0.976. The molecule has 0 unspecified atom stereocenters. The normalized spacial score (nSPS) is 23.7. The van der Waals surface area contributed by atoms with Crippen LogP contribution >= 0.6 is 0 Å². The average Bonchev–Trinajstić information content (AvgIpc) is 3.43. The van der Waals surface area contributed by atoms with Gasteiger partial charge in [-0.05, 0) is 35.1 Å². The predicted octanol–water partition coefficient (Wildman–Crippen LogP) is 3.25. The number of carbonyl (C=O) groups is 3. The maximum Gasteiger partial charge on any atom is 0.407 e. The third kappa shape index (κ3) is 4.05. The fourth-order valence-electron chi connectivity index (χ4n) is 5.81. The molecule has 0 saturated carbocycles. The molecule has 8 heteroatoms. The number of carboxylic acid groups (broad SMARTS) is 1. The number of ether oxygens (including phenoxy) is 2. The summed E-state index contributed by atoms with van der Waals surface area (Å²) in [6.45, 7) is 3.13. The monoisotopic (exact) mass is 478 g/mol. The number of nitrogens with zero attached hydrogens (tertiary/aromatic N) is 1. The number of fused-ring (bicyclic) bond motifs is 4. The molecule has 2 aliphatic heterocycles. The molecule has 2 aromatic rings. The van der Waals surface area contributed by atoms with Crippen LogP contribution in [0.1, 0.15) is 36.8 Å². The predicted molar refractivity (Wildman–Crippen MR) is 128 cm³/mol. The van der Waals surface area contributed by atoms with Crippen LogP contribution in [0.3, 0.4) is 0 Å². The van der Waals surface area contributed by atoms with Crippen LogP contribution in [-0.4, -0.2) is 66.9 Å². The molecule has 0 spiro atoms. The van der Waals surface area contributed by atoms with Gasteiger partial charge in [0, 0.05) is 31.5 Å². The molecule has 35 heavy (non-hydrogen) atoms. The van der Waals surface area contributed by atoms with Crippen LogP contribution in [0, 0.1) is 11.3 Å². The van der Waals surface area contributed by atoms with E-state index in [1.165, 1.54) is 0 Å². The summed E-state index contributed by atoms with van der Waals surface area (Å²) < 4.78 is 11.1. The van der Waals surface area contributed by atoms with Crippen molar-refractivity contribution in [2.24, 2.45) is 11.3 Å². The van der Waals surface area contributed by atoms with Crippen molar-refractivity contribution < 1.29 is 29.0 Å². The molecule has 3 atom stereocenters. The van der Waals surface area contributed by atoms with E-state index in [2.05, 4.69) is 29.6 Å². The van der Waals surface area contributed by atoms with Crippen molar-refractivity contribution in [2.45, 2.75) is 31.7 Å².